The van der Waals surface area contributed by atoms with Crippen LogP contribution in [0.4, 0.5) is 4.39 Å². The van der Waals surface area contributed by atoms with Gasteiger partial charge < -0.3 is 5.73 Å². The Morgan fingerprint density at radius 2 is 1.88 bits per heavy atom. The van der Waals surface area contributed by atoms with E-state index in [4.69, 9.17) is 5.73 Å². The van der Waals surface area contributed by atoms with Gasteiger partial charge in [-0.25, -0.2) is 14.4 Å². The van der Waals surface area contributed by atoms with Crippen LogP contribution in [0.15, 0.2) is 30.6 Å². The van der Waals surface area contributed by atoms with Crippen LogP contribution in [-0.2, 0) is 6.54 Å². The lowest BCUT2D eigenvalue weighted by Gasteiger charge is -2.05. The molecule has 16 heavy (non-hydrogen) atoms. The van der Waals surface area contributed by atoms with Crippen molar-refractivity contribution in [1.29, 1.82) is 0 Å². The molecule has 2 N–H and O–H groups in total. The molecule has 0 spiro atoms. The van der Waals surface area contributed by atoms with Gasteiger partial charge in [0.2, 0.25) is 0 Å². The van der Waals surface area contributed by atoms with E-state index < -0.39 is 5.82 Å². The highest BCUT2D eigenvalue weighted by molar-refractivity contribution is 5.60. The SMILES string of the molecule is Cc1ccc(-c2ncnc(CN)c2F)cc1. The first-order valence-corrected chi connectivity index (χ1v) is 4.99. The Balaban J connectivity index is 2.51. The lowest BCUT2D eigenvalue weighted by Crippen LogP contribution is -2.05. The Hall–Kier alpha value is -1.81. The fourth-order valence-electron chi connectivity index (χ4n) is 1.46. The van der Waals surface area contributed by atoms with Crippen molar-refractivity contribution in [1.82, 2.24) is 9.97 Å². The van der Waals surface area contributed by atoms with Crippen molar-refractivity contribution in [3.63, 3.8) is 0 Å². The minimum absolute atomic E-state index is 0.0766. The number of aromatic nitrogens is 2. The van der Waals surface area contributed by atoms with E-state index in [-0.39, 0.29) is 12.2 Å². The third kappa shape index (κ3) is 1.92. The summed E-state index contributed by atoms with van der Waals surface area (Å²) in [4.78, 5) is 7.73. The number of hydrogen-bond acceptors (Lipinski definition) is 3. The Bertz CT molecular complexity index is 494. The van der Waals surface area contributed by atoms with Gasteiger partial charge in [0.05, 0.1) is 5.69 Å². The zero-order valence-electron chi connectivity index (χ0n) is 8.94. The molecule has 4 heteroatoms. The standard InChI is InChI=1S/C12H12FN3/c1-8-2-4-9(5-3-8)12-11(13)10(6-14)15-7-16-12/h2-5,7H,6,14H2,1H3. The average Bonchev–Trinajstić information content (AvgIpc) is 2.31. The van der Waals surface area contributed by atoms with Crippen molar-refractivity contribution in [3.05, 3.63) is 47.7 Å². The Kier molecular flexibility index (Phi) is 2.92. The summed E-state index contributed by atoms with van der Waals surface area (Å²) in [5.74, 6) is -0.436. The Labute approximate surface area is 93.2 Å². The molecule has 0 aliphatic carbocycles. The number of nitrogens with two attached hydrogens (primary N) is 1. The fraction of sp³-hybridized carbons (Fsp3) is 0.167. The largest absolute Gasteiger partial charge is 0.325 e. The molecule has 0 unspecified atom stereocenters. The predicted molar refractivity (Wildman–Crippen MR) is 60.1 cm³/mol. The number of aryl methyl sites for hydroxylation is 1. The van der Waals surface area contributed by atoms with Gasteiger partial charge in [-0.3, -0.25) is 0 Å². The van der Waals surface area contributed by atoms with E-state index in [9.17, 15) is 4.39 Å². The van der Waals surface area contributed by atoms with Gasteiger partial charge in [0.15, 0.2) is 5.82 Å². The van der Waals surface area contributed by atoms with Crippen LogP contribution in [-0.4, -0.2) is 9.97 Å². The number of benzene rings is 1. The highest BCUT2D eigenvalue weighted by Gasteiger charge is 2.11. The van der Waals surface area contributed by atoms with Crippen molar-refractivity contribution in [2.45, 2.75) is 13.5 Å². The summed E-state index contributed by atoms with van der Waals surface area (Å²) in [7, 11) is 0. The van der Waals surface area contributed by atoms with E-state index in [1.165, 1.54) is 6.33 Å². The first-order valence-electron chi connectivity index (χ1n) is 4.99. The number of hydrogen-bond donors (Lipinski definition) is 1. The van der Waals surface area contributed by atoms with Crippen molar-refractivity contribution >= 4 is 0 Å². The fourth-order valence-corrected chi connectivity index (χ4v) is 1.46. The van der Waals surface area contributed by atoms with Crippen LogP contribution < -0.4 is 5.73 Å². The molecule has 0 fully saturated rings. The van der Waals surface area contributed by atoms with Gasteiger partial charge >= 0.3 is 0 Å². The quantitative estimate of drug-likeness (QED) is 0.837. The molecule has 0 saturated carbocycles. The van der Waals surface area contributed by atoms with E-state index >= 15 is 0 Å². The molecule has 0 aliphatic rings. The van der Waals surface area contributed by atoms with Crippen LogP contribution in [0.25, 0.3) is 11.3 Å². The molecule has 0 bridgehead atoms. The van der Waals surface area contributed by atoms with Crippen LogP contribution >= 0.6 is 0 Å². The number of rotatable bonds is 2. The van der Waals surface area contributed by atoms with Crippen LogP contribution in [0.1, 0.15) is 11.3 Å². The van der Waals surface area contributed by atoms with Crippen LogP contribution in [0.3, 0.4) is 0 Å². The summed E-state index contributed by atoms with van der Waals surface area (Å²) in [5, 5.41) is 0. The Morgan fingerprint density at radius 3 is 2.50 bits per heavy atom. The van der Waals surface area contributed by atoms with Gasteiger partial charge in [-0.1, -0.05) is 29.8 Å². The lowest BCUT2D eigenvalue weighted by atomic mass is 10.1. The summed E-state index contributed by atoms with van der Waals surface area (Å²) in [6, 6.07) is 7.50. The van der Waals surface area contributed by atoms with E-state index in [0.717, 1.165) is 11.1 Å². The maximum Gasteiger partial charge on any atom is 0.172 e. The summed E-state index contributed by atoms with van der Waals surface area (Å²) < 4.78 is 13.9. The number of halogens is 1. The van der Waals surface area contributed by atoms with E-state index in [1.54, 1.807) is 0 Å². The van der Waals surface area contributed by atoms with Crippen LogP contribution in [0.2, 0.25) is 0 Å². The molecular weight excluding hydrogens is 205 g/mol. The zero-order chi connectivity index (χ0) is 11.5. The molecule has 2 rings (SSSR count). The first kappa shape index (κ1) is 10.7. The van der Waals surface area contributed by atoms with Gasteiger partial charge in [-0.15, -0.1) is 0 Å². The second-order valence-electron chi connectivity index (χ2n) is 3.55. The monoisotopic (exact) mass is 217 g/mol. The van der Waals surface area contributed by atoms with Crippen molar-refractivity contribution in [2.24, 2.45) is 5.73 Å². The smallest absolute Gasteiger partial charge is 0.172 e. The summed E-state index contributed by atoms with van der Waals surface area (Å²) >= 11 is 0. The molecule has 1 heterocycles. The van der Waals surface area contributed by atoms with Crippen molar-refractivity contribution in [2.75, 3.05) is 0 Å². The van der Waals surface area contributed by atoms with Gasteiger partial charge in [0.25, 0.3) is 0 Å². The van der Waals surface area contributed by atoms with Gasteiger partial charge in [0, 0.05) is 12.1 Å². The van der Waals surface area contributed by atoms with Gasteiger partial charge in [0.1, 0.15) is 12.0 Å². The van der Waals surface area contributed by atoms with Gasteiger partial charge in [-0.2, -0.15) is 0 Å². The minimum Gasteiger partial charge on any atom is -0.325 e. The normalized spacial score (nSPS) is 10.4. The molecule has 2 aromatic rings. The third-order valence-corrected chi connectivity index (χ3v) is 2.38. The Morgan fingerprint density at radius 1 is 1.19 bits per heavy atom. The van der Waals surface area contributed by atoms with Gasteiger partial charge in [-0.05, 0) is 6.92 Å². The highest BCUT2D eigenvalue weighted by Crippen LogP contribution is 2.21. The first-order chi connectivity index (χ1) is 7.72. The molecule has 0 amide bonds. The topological polar surface area (TPSA) is 51.8 Å². The summed E-state index contributed by atoms with van der Waals surface area (Å²) in [6.45, 7) is 2.05. The maximum atomic E-state index is 13.9. The molecule has 1 aromatic carbocycles. The van der Waals surface area contributed by atoms with Crippen LogP contribution in [0, 0.1) is 12.7 Å². The molecule has 82 valence electrons. The van der Waals surface area contributed by atoms with Crippen LogP contribution in [0.5, 0.6) is 0 Å². The third-order valence-electron chi connectivity index (χ3n) is 2.38. The summed E-state index contributed by atoms with van der Waals surface area (Å²) in [5.41, 5.74) is 7.79. The molecule has 0 saturated heterocycles. The molecular formula is C12H12FN3. The second kappa shape index (κ2) is 4.37. The predicted octanol–water partition coefficient (Wildman–Crippen LogP) is 2.05. The van der Waals surface area contributed by atoms with E-state index in [0.29, 0.717) is 5.69 Å². The molecule has 0 atom stereocenters. The molecule has 0 aliphatic heterocycles. The summed E-state index contributed by atoms with van der Waals surface area (Å²) in [6.07, 6.45) is 1.33. The average molecular weight is 217 g/mol. The highest BCUT2D eigenvalue weighted by atomic mass is 19.1. The molecule has 1 aromatic heterocycles. The van der Waals surface area contributed by atoms with Crippen molar-refractivity contribution in [3.8, 4) is 11.3 Å². The van der Waals surface area contributed by atoms with Crippen molar-refractivity contribution < 1.29 is 4.39 Å². The van der Waals surface area contributed by atoms with E-state index in [2.05, 4.69) is 9.97 Å². The number of nitrogens with zero attached hydrogens (tertiary/aromatic N) is 2. The zero-order valence-corrected chi connectivity index (χ0v) is 8.94. The van der Waals surface area contributed by atoms with E-state index in [1.807, 2.05) is 31.2 Å². The molecule has 3 nitrogen and oxygen atoms in total. The lowest BCUT2D eigenvalue weighted by molar-refractivity contribution is 0.596. The maximum absolute atomic E-state index is 13.9. The second-order valence-corrected chi connectivity index (χ2v) is 3.55. The minimum atomic E-state index is -0.436. The molecule has 0 radical (unpaired) electrons.